The Bertz CT molecular complexity index is 1280. The molecule has 2 aromatic heterocycles. The van der Waals surface area contributed by atoms with Crippen LogP contribution in [0.2, 0.25) is 0 Å². The van der Waals surface area contributed by atoms with Gasteiger partial charge in [-0.2, -0.15) is 0 Å². The van der Waals surface area contributed by atoms with Crippen LogP contribution in [-0.2, 0) is 4.79 Å². The highest BCUT2D eigenvalue weighted by Gasteiger charge is 2.10. The average Bonchev–Trinajstić information content (AvgIpc) is 3.25. The Morgan fingerprint density at radius 1 is 1.00 bits per heavy atom. The van der Waals surface area contributed by atoms with E-state index >= 15 is 0 Å². The lowest BCUT2D eigenvalue weighted by molar-refractivity contribution is -0.116. The van der Waals surface area contributed by atoms with Gasteiger partial charge in [0.1, 0.15) is 11.4 Å². The Balaban J connectivity index is 1.25. The summed E-state index contributed by atoms with van der Waals surface area (Å²) in [6.07, 6.45) is 1.55. The van der Waals surface area contributed by atoms with Crippen molar-refractivity contribution in [3.8, 4) is 11.6 Å². The highest BCUT2D eigenvalue weighted by atomic mass is 16.5. The van der Waals surface area contributed by atoms with Crippen molar-refractivity contribution < 1.29 is 19.1 Å². The molecular weight excluding hydrogens is 422 g/mol. The number of hydrogen-bond acceptors (Lipinski definition) is 5. The molecule has 0 aliphatic carbocycles. The van der Waals surface area contributed by atoms with Gasteiger partial charge in [-0.25, -0.2) is 4.98 Å². The first-order chi connectivity index (χ1) is 16.0. The largest absolute Gasteiger partial charge is 0.439 e. The number of hydrogen-bond donors (Lipinski definition) is 4. The van der Waals surface area contributed by atoms with Crippen molar-refractivity contribution >= 4 is 34.3 Å². The van der Waals surface area contributed by atoms with E-state index in [2.05, 4.69) is 20.6 Å². The Kier molecular flexibility index (Phi) is 6.31. The number of aromatic amines is 1. The van der Waals surface area contributed by atoms with Gasteiger partial charge in [0.15, 0.2) is 0 Å². The van der Waals surface area contributed by atoms with Gasteiger partial charge in [-0.05, 0) is 36.4 Å². The molecule has 0 spiro atoms. The summed E-state index contributed by atoms with van der Waals surface area (Å²) < 4.78 is 5.60. The zero-order valence-electron chi connectivity index (χ0n) is 17.5. The Morgan fingerprint density at radius 3 is 2.61 bits per heavy atom. The molecule has 9 heteroatoms. The first kappa shape index (κ1) is 21.6. The van der Waals surface area contributed by atoms with Crippen LogP contribution in [0.5, 0.6) is 11.6 Å². The van der Waals surface area contributed by atoms with Crippen LogP contribution in [-0.4, -0.2) is 34.2 Å². The number of aromatic nitrogens is 2. The fourth-order valence-electron chi connectivity index (χ4n) is 3.15. The predicted octanol–water partition coefficient (Wildman–Crippen LogP) is 3.21. The van der Waals surface area contributed by atoms with Crippen molar-refractivity contribution in [2.24, 2.45) is 5.73 Å². The minimum atomic E-state index is -0.552. The highest BCUT2D eigenvalue weighted by Crippen LogP contribution is 2.21. The molecule has 0 saturated carbocycles. The van der Waals surface area contributed by atoms with Crippen molar-refractivity contribution in [2.75, 3.05) is 11.9 Å². The third-order valence-corrected chi connectivity index (χ3v) is 4.77. The van der Waals surface area contributed by atoms with Gasteiger partial charge in [0.25, 0.3) is 5.91 Å². The van der Waals surface area contributed by atoms with Gasteiger partial charge in [0, 0.05) is 35.5 Å². The van der Waals surface area contributed by atoms with Crippen LogP contribution in [0.25, 0.3) is 10.9 Å². The smallest absolute Gasteiger partial charge is 0.267 e. The maximum absolute atomic E-state index is 12.3. The maximum atomic E-state index is 12.3. The average molecular weight is 443 g/mol. The molecule has 0 radical (unpaired) electrons. The number of primary amides is 1. The molecule has 3 amide bonds. The number of para-hydroxylation sites is 1. The molecule has 4 aromatic rings. The molecule has 0 unspecified atom stereocenters. The van der Waals surface area contributed by atoms with Gasteiger partial charge in [-0.15, -0.1) is 0 Å². The van der Waals surface area contributed by atoms with Crippen LogP contribution in [0.3, 0.4) is 0 Å². The van der Waals surface area contributed by atoms with E-state index in [-0.39, 0.29) is 24.8 Å². The SMILES string of the molecule is NC(=O)c1cccc(Oc2ccc(NC(=O)CCNC(=O)c3cc4ccccc4[nH]3)cn2)c1. The summed E-state index contributed by atoms with van der Waals surface area (Å²) in [4.78, 5) is 42.9. The number of benzene rings is 2. The molecule has 0 bridgehead atoms. The zero-order chi connectivity index (χ0) is 23.2. The second-order valence-electron chi connectivity index (χ2n) is 7.20. The Labute approximate surface area is 189 Å². The summed E-state index contributed by atoms with van der Waals surface area (Å²) in [6, 6.07) is 19.0. The molecule has 2 aromatic carbocycles. The molecule has 9 nitrogen and oxygen atoms in total. The van der Waals surface area contributed by atoms with Gasteiger partial charge in [-0.1, -0.05) is 24.3 Å². The van der Waals surface area contributed by atoms with E-state index in [1.165, 1.54) is 12.3 Å². The first-order valence-electron chi connectivity index (χ1n) is 10.2. The zero-order valence-corrected chi connectivity index (χ0v) is 17.5. The van der Waals surface area contributed by atoms with Gasteiger partial charge in [0.05, 0.1) is 11.9 Å². The number of ether oxygens (including phenoxy) is 1. The number of nitrogens with one attached hydrogen (secondary N) is 3. The molecule has 4 rings (SSSR count). The van der Waals surface area contributed by atoms with Gasteiger partial charge in [-0.3, -0.25) is 14.4 Å². The van der Waals surface area contributed by atoms with Crippen molar-refractivity contribution in [1.29, 1.82) is 0 Å². The van der Waals surface area contributed by atoms with E-state index in [4.69, 9.17) is 10.5 Å². The minimum absolute atomic E-state index is 0.101. The van der Waals surface area contributed by atoms with Crippen LogP contribution in [0.1, 0.15) is 27.3 Å². The Morgan fingerprint density at radius 2 is 1.85 bits per heavy atom. The second-order valence-corrected chi connectivity index (χ2v) is 7.20. The van der Waals surface area contributed by atoms with E-state index < -0.39 is 5.91 Å². The Hall–Kier alpha value is -4.66. The lowest BCUT2D eigenvalue weighted by atomic mass is 10.2. The van der Waals surface area contributed by atoms with Crippen molar-refractivity contribution in [3.05, 3.63) is 84.2 Å². The molecule has 33 heavy (non-hydrogen) atoms. The number of fused-ring (bicyclic) bond motifs is 1. The lowest BCUT2D eigenvalue weighted by Crippen LogP contribution is -2.27. The summed E-state index contributed by atoms with van der Waals surface area (Å²) in [6.45, 7) is 0.185. The normalized spacial score (nSPS) is 10.5. The monoisotopic (exact) mass is 443 g/mol. The standard InChI is InChI=1S/C24H21N5O4/c25-23(31)16-5-3-6-18(12-16)33-22-9-8-17(14-27-22)28-21(30)10-11-26-24(32)20-13-15-4-1-2-7-19(15)29-20/h1-9,12-14,29H,10-11H2,(H2,25,31)(H,26,32)(H,28,30). The van der Waals surface area contributed by atoms with Crippen LogP contribution in [0.4, 0.5) is 5.69 Å². The number of nitrogens with zero attached hydrogens (tertiary/aromatic N) is 1. The summed E-state index contributed by atoms with van der Waals surface area (Å²) >= 11 is 0. The van der Waals surface area contributed by atoms with Crippen LogP contribution >= 0.6 is 0 Å². The molecule has 0 aliphatic heterocycles. The van der Waals surface area contributed by atoms with Gasteiger partial charge in [0.2, 0.25) is 17.7 Å². The molecular formula is C24H21N5O4. The summed E-state index contributed by atoms with van der Waals surface area (Å²) in [5.41, 5.74) is 7.40. The van der Waals surface area contributed by atoms with Crippen LogP contribution in [0, 0.1) is 0 Å². The number of anilines is 1. The first-order valence-corrected chi connectivity index (χ1v) is 10.2. The maximum Gasteiger partial charge on any atom is 0.267 e. The molecule has 0 fully saturated rings. The second kappa shape index (κ2) is 9.65. The van der Waals surface area contributed by atoms with Crippen molar-refractivity contribution in [1.82, 2.24) is 15.3 Å². The van der Waals surface area contributed by atoms with Crippen molar-refractivity contribution in [2.45, 2.75) is 6.42 Å². The van der Waals surface area contributed by atoms with Gasteiger partial charge >= 0.3 is 0 Å². The summed E-state index contributed by atoms with van der Waals surface area (Å²) in [5.74, 6) is -0.385. The van der Waals surface area contributed by atoms with Crippen LogP contribution in [0.15, 0.2) is 72.9 Å². The fourth-order valence-corrected chi connectivity index (χ4v) is 3.15. The van der Waals surface area contributed by atoms with Crippen molar-refractivity contribution in [3.63, 3.8) is 0 Å². The van der Waals surface area contributed by atoms with E-state index in [1.54, 1.807) is 36.4 Å². The molecule has 5 N–H and O–H groups in total. The fraction of sp³-hybridized carbons (Fsp3) is 0.0833. The van der Waals surface area contributed by atoms with Crippen LogP contribution < -0.4 is 21.1 Å². The number of carbonyl (C=O) groups excluding carboxylic acids is 3. The molecule has 0 aliphatic rings. The molecule has 0 atom stereocenters. The predicted molar refractivity (Wildman–Crippen MR) is 123 cm³/mol. The topological polar surface area (TPSA) is 139 Å². The number of H-pyrrole nitrogens is 1. The van der Waals surface area contributed by atoms with E-state index in [0.717, 1.165) is 10.9 Å². The van der Waals surface area contributed by atoms with E-state index in [0.29, 0.717) is 28.6 Å². The third kappa shape index (κ3) is 5.53. The quantitative estimate of drug-likeness (QED) is 0.331. The summed E-state index contributed by atoms with van der Waals surface area (Å²) in [7, 11) is 0. The number of nitrogens with two attached hydrogens (primary N) is 1. The molecule has 2 heterocycles. The van der Waals surface area contributed by atoms with E-state index in [1.807, 2.05) is 24.3 Å². The molecule has 0 saturated heterocycles. The van der Waals surface area contributed by atoms with E-state index in [9.17, 15) is 14.4 Å². The minimum Gasteiger partial charge on any atom is -0.439 e. The summed E-state index contributed by atoms with van der Waals surface area (Å²) in [5, 5.41) is 6.39. The lowest BCUT2D eigenvalue weighted by Gasteiger charge is -2.08. The van der Waals surface area contributed by atoms with Gasteiger partial charge < -0.3 is 26.1 Å². The highest BCUT2D eigenvalue weighted by molar-refractivity contribution is 5.98. The third-order valence-electron chi connectivity index (χ3n) is 4.77. The number of carbonyl (C=O) groups is 3. The number of pyridine rings is 1. The molecule has 166 valence electrons. The number of amides is 3. The number of rotatable bonds is 8.